The summed E-state index contributed by atoms with van der Waals surface area (Å²) < 4.78 is 1.97. The molecule has 2 N–H and O–H groups in total. The van der Waals surface area contributed by atoms with Crippen molar-refractivity contribution >= 4 is 28.5 Å². The third-order valence-electron chi connectivity index (χ3n) is 7.04. The van der Waals surface area contributed by atoms with Crippen molar-refractivity contribution in [3.63, 3.8) is 0 Å². The number of nitrogens with one attached hydrogen (secondary N) is 1. The van der Waals surface area contributed by atoms with Crippen molar-refractivity contribution in [3.8, 4) is 0 Å². The smallest absolute Gasteiger partial charge is 0.317 e. The molecule has 2 aliphatic rings. The normalized spacial score (nSPS) is 24.5. The van der Waals surface area contributed by atoms with Crippen molar-refractivity contribution in [3.05, 3.63) is 59.0 Å². The van der Waals surface area contributed by atoms with Crippen LogP contribution in [0.25, 0.3) is 10.9 Å². The van der Waals surface area contributed by atoms with Gasteiger partial charge < -0.3 is 15.3 Å². The van der Waals surface area contributed by atoms with E-state index in [1.807, 2.05) is 53.0 Å². The van der Waals surface area contributed by atoms with E-state index in [1.165, 1.54) is 0 Å². The molecule has 3 aromatic rings. The summed E-state index contributed by atoms with van der Waals surface area (Å²) in [6.45, 7) is 5.28. The van der Waals surface area contributed by atoms with E-state index in [0.29, 0.717) is 18.1 Å². The van der Waals surface area contributed by atoms with Crippen LogP contribution in [0.1, 0.15) is 50.1 Å². The Hall–Kier alpha value is -2.64. The van der Waals surface area contributed by atoms with Crippen molar-refractivity contribution in [1.29, 1.82) is 0 Å². The van der Waals surface area contributed by atoms with Crippen LogP contribution in [0.15, 0.2) is 42.7 Å². The lowest BCUT2D eigenvalue weighted by molar-refractivity contribution is -0.0117. The maximum atomic E-state index is 12.8. The number of rotatable bonds is 3. The number of nitrogens with zero attached hydrogens (tertiary/aromatic N) is 4. The molecule has 2 unspecified atom stereocenters. The standard InChI is InChI=1S/C23H26ClN5O2/c1-14(19-5-3-4-8-25-19)27-22(31)28-9-6-16(7-10-28)23(2)21(30)18-12-17(24)11-15-13-26-29(23)20(15)18/h3-5,8,11-14,16,21,30H,6-7,9-10H2,1-2H3,(H,27,31)/t14-,21?,23?/m0/s1. The molecule has 2 aromatic heterocycles. The average Bonchev–Trinajstić information content (AvgIpc) is 3.30. The van der Waals surface area contributed by atoms with Crippen molar-refractivity contribution in [2.24, 2.45) is 5.92 Å². The maximum Gasteiger partial charge on any atom is 0.317 e. The van der Waals surface area contributed by atoms with Gasteiger partial charge in [-0.15, -0.1) is 0 Å². The number of hydrogen-bond acceptors (Lipinski definition) is 4. The van der Waals surface area contributed by atoms with E-state index in [9.17, 15) is 9.90 Å². The minimum absolute atomic E-state index is 0.0784. The first kappa shape index (κ1) is 20.3. The quantitative estimate of drug-likeness (QED) is 0.645. The summed E-state index contributed by atoms with van der Waals surface area (Å²) in [7, 11) is 0. The van der Waals surface area contributed by atoms with E-state index in [-0.39, 0.29) is 18.0 Å². The fraction of sp³-hybridized carbons (Fsp3) is 0.435. The highest BCUT2D eigenvalue weighted by molar-refractivity contribution is 6.31. The van der Waals surface area contributed by atoms with Gasteiger partial charge in [0.05, 0.1) is 29.0 Å². The number of likely N-dealkylation sites (tertiary alicyclic amines) is 1. The summed E-state index contributed by atoms with van der Waals surface area (Å²) in [5.41, 5.74) is 2.08. The highest BCUT2D eigenvalue weighted by Gasteiger charge is 2.50. The number of aromatic nitrogens is 3. The number of halogens is 1. The van der Waals surface area contributed by atoms with Crippen LogP contribution < -0.4 is 5.32 Å². The molecule has 0 spiro atoms. The Morgan fingerprint density at radius 1 is 1.32 bits per heavy atom. The monoisotopic (exact) mass is 439 g/mol. The minimum atomic E-state index is -0.674. The zero-order valence-electron chi connectivity index (χ0n) is 17.6. The van der Waals surface area contributed by atoms with E-state index in [2.05, 4.69) is 22.3 Å². The van der Waals surface area contributed by atoms with Gasteiger partial charge in [0.25, 0.3) is 0 Å². The summed E-state index contributed by atoms with van der Waals surface area (Å²) in [5.74, 6) is 0.189. The van der Waals surface area contributed by atoms with E-state index in [1.54, 1.807) is 6.20 Å². The largest absolute Gasteiger partial charge is 0.386 e. The van der Waals surface area contributed by atoms with Gasteiger partial charge in [-0.25, -0.2) is 4.79 Å². The Bertz CT molecular complexity index is 1130. The Labute approximate surface area is 186 Å². The Morgan fingerprint density at radius 2 is 2.10 bits per heavy atom. The number of piperidine rings is 1. The molecule has 1 saturated heterocycles. The fourth-order valence-corrected chi connectivity index (χ4v) is 5.45. The highest BCUT2D eigenvalue weighted by atomic mass is 35.5. The van der Waals surface area contributed by atoms with Gasteiger partial charge in [0.1, 0.15) is 6.10 Å². The second-order valence-electron chi connectivity index (χ2n) is 8.80. The third-order valence-corrected chi connectivity index (χ3v) is 7.26. The number of pyridine rings is 1. The average molecular weight is 440 g/mol. The number of aliphatic hydroxyl groups excluding tert-OH is 1. The SMILES string of the molecule is C[C@H](NC(=O)N1CCC(C2(C)C(O)c3cc(Cl)cc4cnn2c34)CC1)c1ccccn1. The Morgan fingerprint density at radius 3 is 2.81 bits per heavy atom. The predicted octanol–water partition coefficient (Wildman–Crippen LogP) is 4.03. The van der Waals surface area contributed by atoms with Gasteiger partial charge in [-0.2, -0.15) is 5.10 Å². The lowest BCUT2D eigenvalue weighted by Crippen LogP contribution is -2.50. The third kappa shape index (κ3) is 3.18. The van der Waals surface area contributed by atoms with E-state index in [0.717, 1.165) is 35.0 Å². The summed E-state index contributed by atoms with van der Waals surface area (Å²) in [5, 5.41) is 20.5. The molecule has 31 heavy (non-hydrogen) atoms. The van der Waals surface area contributed by atoms with Gasteiger partial charge >= 0.3 is 6.03 Å². The second-order valence-corrected chi connectivity index (χ2v) is 9.24. The number of hydrogen-bond donors (Lipinski definition) is 2. The minimum Gasteiger partial charge on any atom is -0.386 e. The van der Waals surface area contributed by atoms with Crippen LogP contribution in [-0.4, -0.2) is 43.9 Å². The van der Waals surface area contributed by atoms with Gasteiger partial charge in [0.15, 0.2) is 0 Å². The van der Waals surface area contributed by atoms with Crippen LogP contribution >= 0.6 is 11.6 Å². The molecular weight excluding hydrogens is 414 g/mol. The molecule has 2 aliphatic heterocycles. The first-order valence-corrected chi connectivity index (χ1v) is 11.1. The molecule has 1 fully saturated rings. The van der Waals surface area contributed by atoms with Crippen LogP contribution in [0.5, 0.6) is 0 Å². The molecule has 1 aromatic carbocycles. The first-order chi connectivity index (χ1) is 14.9. The number of urea groups is 1. The molecule has 0 radical (unpaired) electrons. The van der Waals surface area contributed by atoms with Gasteiger partial charge in [-0.1, -0.05) is 17.7 Å². The predicted molar refractivity (Wildman–Crippen MR) is 119 cm³/mol. The molecule has 4 heterocycles. The fourth-order valence-electron chi connectivity index (χ4n) is 5.21. The topological polar surface area (TPSA) is 83.3 Å². The molecule has 0 aliphatic carbocycles. The van der Waals surface area contributed by atoms with Gasteiger partial charge in [-0.3, -0.25) is 9.67 Å². The highest BCUT2D eigenvalue weighted by Crippen LogP contribution is 2.51. The van der Waals surface area contributed by atoms with Gasteiger partial charge in [0, 0.05) is 35.3 Å². The van der Waals surface area contributed by atoms with Crippen LogP contribution in [-0.2, 0) is 5.54 Å². The zero-order valence-corrected chi connectivity index (χ0v) is 18.4. The van der Waals surface area contributed by atoms with Crippen molar-refractivity contribution < 1.29 is 9.90 Å². The number of benzene rings is 1. The number of carbonyl (C=O) groups excluding carboxylic acids is 1. The molecule has 7 nitrogen and oxygen atoms in total. The molecule has 0 bridgehead atoms. The van der Waals surface area contributed by atoms with Crippen LogP contribution in [0, 0.1) is 5.92 Å². The van der Waals surface area contributed by atoms with Gasteiger partial charge in [-0.05, 0) is 56.9 Å². The summed E-state index contributed by atoms with van der Waals surface area (Å²) in [6, 6.07) is 9.19. The van der Waals surface area contributed by atoms with Crippen LogP contribution in [0.4, 0.5) is 4.79 Å². The molecule has 5 rings (SSSR count). The number of aliphatic hydroxyl groups is 1. The molecular formula is C23H26ClN5O2. The van der Waals surface area contributed by atoms with E-state index < -0.39 is 11.6 Å². The molecule has 8 heteroatoms. The number of amides is 2. The summed E-state index contributed by atoms with van der Waals surface area (Å²) in [6.07, 6.45) is 4.46. The Balaban J connectivity index is 1.29. The second kappa shape index (κ2) is 7.50. The van der Waals surface area contributed by atoms with Crippen molar-refractivity contribution in [2.45, 2.75) is 44.4 Å². The van der Waals surface area contributed by atoms with E-state index >= 15 is 0 Å². The van der Waals surface area contributed by atoms with Crippen molar-refractivity contribution in [2.75, 3.05) is 13.1 Å². The summed E-state index contributed by atoms with van der Waals surface area (Å²) >= 11 is 6.26. The maximum absolute atomic E-state index is 12.8. The zero-order chi connectivity index (χ0) is 21.8. The summed E-state index contributed by atoms with van der Waals surface area (Å²) in [4.78, 5) is 19.0. The molecule has 0 saturated carbocycles. The van der Waals surface area contributed by atoms with Crippen LogP contribution in [0.2, 0.25) is 5.02 Å². The molecule has 2 amide bonds. The van der Waals surface area contributed by atoms with Crippen molar-refractivity contribution in [1.82, 2.24) is 25.0 Å². The number of carbonyl (C=O) groups is 1. The molecule has 3 atom stereocenters. The lowest BCUT2D eigenvalue weighted by Gasteiger charge is -2.43. The lowest BCUT2D eigenvalue weighted by atomic mass is 9.75. The first-order valence-electron chi connectivity index (χ1n) is 10.7. The van der Waals surface area contributed by atoms with E-state index in [4.69, 9.17) is 11.6 Å². The molecule has 162 valence electrons. The van der Waals surface area contributed by atoms with Crippen LogP contribution in [0.3, 0.4) is 0 Å². The Kier molecular flexibility index (Phi) is 4.90. The van der Waals surface area contributed by atoms with Gasteiger partial charge in [0.2, 0.25) is 0 Å².